The Kier molecular flexibility index (Phi) is 2.84. The van der Waals surface area contributed by atoms with Crippen molar-refractivity contribution in [2.24, 2.45) is 17.8 Å². The number of hydrogen-bond donors (Lipinski definition) is 1. The molecule has 1 aromatic rings. The number of rotatable bonds is 3. The molecular weight excluding hydrogens is 222 g/mol. The first-order valence-electron chi connectivity index (χ1n) is 7.25. The average molecular weight is 245 g/mol. The topological polar surface area (TPSA) is 32.9 Å². The zero-order valence-corrected chi connectivity index (χ0v) is 11.7. The predicted molar refractivity (Wildman–Crippen MR) is 72.9 cm³/mol. The average Bonchev–Trinajstić information content (AvgIpc) is 3.00. The fraction of sp³-hybridized carbons (Fsp3) is 0.688. The van der Waals surface area contributed by atoms with Crippen molar-refractivity contribution < 1.29 is 4.79 Å². The van der Waals surface area contributed by atoms with Gasteiger partial charge in [-0.2, -0.15) is 0 Å². The summed E-state index contributed by atoms with van der Waals surface area (Å²) in [5.41, 5.74) is 4.41. The Bertz CT molecular complexity index is 486. The van der Waals surface area contributed by atoms with Crippen LogP contribution in [0.1, 0.15) is 59.4 Å². The first-order chi connectivity index (χ1) is 8.56. The molecule has 0 aromatic carbocycles. The minimum atomic E-state index is 0.334. The van der Waals surface area contributed by atoms with Crippen molar-refractivity contribution in [2.75, 3.05) is 0 Å². The summed E-state index contributed by atoms with van der Waals surface area (Å²) in [4.78, 5) is 15.7. The SMILES string of the molecule is Cc1[nH]c(C(=O)CC2CC3CCC2C3)c(C)c1C. The van der Waals surface area contributed by atoms with Gasteiger partial charge in [0, 0.05) is 12.1 Å². The van der Waals surface area contributed by atoms with Crippen LogP contribution in [0.2, 0.25) is 0 Å². The highest BCUT2D eigenvalue weighted by Crippen LogP contribution is 2.49. The van der Waals surface area contributed by atoms with E-state index in [9.17, 15) is 4.79 Å². The van der Waals surface area contributed by atoms with Crippen molar-refractivity contribution >= 4 is 5.78 Å². The van der Waals surface area contributed by atoms with Crippen LogP contribution in [0.4, 0.5) is 0 Å². The van der Waals surface area contributed by atoms with Crippen LogP contribution < -0.4 is 0 Å². The number of carbonyl (C=O) groups excluding carboxylic acids is 1. The second-order valence-corrected chi connectivity index (χ2v) is 6.44. The molecule has 0 spiro atoms. The van der Waals surface area contributed by atoms with Crippen molar-refractivity contribution in [2.45, 2.75) is 52.9 Å². The molecule has 3 unspecified atom stereocenters. The number of H-pyrrole nitrogens is 1. The van der Waals surface area contributed by atoms with Crippen LogP contribution in [0.5, 0.6) is 0 Å². The number of ketones is 1. The molecule has 0 saturated heterocycles. The van der Waals surface area contributed by atoms with E-state index in [0.29, 0.717) is 11.7 Å². The summed E-state index contributed by atoms with van der Waals surface area (Å²) in [5.74, 6) is 2.78. The summed E-state index contributed by atoms with van der Waals surface area (Å²) in [6.45, 7) is 6.21. The van der Waals surface area contributed by atoms with E-state index in [2.05, 4.69) is 25.8 Å². The number of aryl methyl sites for hydroxylation is 1. The molecule has 2 bridgehead atoms. The number of fused-ring (bicyclic) bond motifs is 2. The van der Waals surface area contributed by atoms with Gasteiger partial charge in [-0.05, 0) is 68.9 Å². The molecule has 1 aromatic heterocycles. The minimum absolute atomic E-state index is 0.334. The van der Waals surface area contributed by atoms with Crippen LogP contribution in [0.3, 0.4) is 0 Å². The summed E-state index contributed by atoms with van der Waals surface area (Å²) in [6.07, 6.45) is 6.23. The molecule has 3 rings (SSSR count). The van der Waals surface area contributed by atoms with Crippen LogP contribution >= 0.6 is 0 Å². The summed E-state index contributed by atoms with van der Waals surface area (Å²) in [7, 11) is 0. The molecule has 2 aliphatic carbocycles. The number of aromatic amines is 1. The maximum absolute atomic E-state index is 12.4. The maximum Gasteiger partial charge on any atom is 0.179 e. The van der Waals surface area contributed by atoms with E-state index in [1.54, 1.807) is 0 Å². The number of nitrogens with one attached hydrogen (secondary N) is 1. The zero-order valence-electron chi connectivity index (χ0n) is 11.7. The molecule has 98 valence electrons. The molecule has 0 aliphatic heterocycles. The lowest BCUT2D eigenvalue weighted by Gasteiger charge is -2.20. The lowest BCUT2D eigenvalue weighted by Crippen LogP contribution is -2.16. The van der Waals surface area contributed by atoms with E-state index in [0.717, 1.165) is 35.2 Å². The Morgan fingerprint density at radius 2 is 1.94 bits per heavy atom. The lowest BCUT2D eigenvalue weighted by molar-refractivity contribution is 0.0939. The summed E-state index contributed by atoms with van der Waals surface area (Å²) in [5, 5.41) is 0. The van der Waals surface area contributed by atoms with Crippen molar-refractivity contribution in [3.63, 3.8) is 0 Å². The van der Waals surface area contributed by atoms with Crippen LogP contribution in [0.15, 0.2) is 0 Å². The van der Waals surface area contributed by atoms with Gasteiger partial charge in [-0.3, -0.25) is 4.79 Å². The highest BCUT2D eigenvalue weighted by atomic mass is 16.1. The number of hydrogen-bond acceptors (Lipinski definition) is 1. The third-order valence-corrected chi connectivity index (χ3v) is 5.42. The smallest absolute Gasteiger partial charge is 0.179 e. The van der Waals surface area contributed by atoms with E-state index < -0.39 is 0 Å². The second-order valence-electron chi connectivity index (χ2n) is 6.44. The minimum Gasteiger partial charge on any atom is -0.356 e. The fourth-order valence-corrected chi connectivity index (χ4v) is 4.09. The molecular formula is C16H23NO. The maximum atomic E-state index is 12.4. The van der Waals surface area contributed by atoms with Crippen molar-refractivity contribution in [3.8, 4) is 0 Å². The zero-order chi connectivity index (χ0) is 12.9. The Morgan fingerprint density at radius 1 is 1.17 bits per heavy atom. The van der Waals surface area contributed by atoms with Gasteiger partial charge in [0.1, 0.15) is 0 Å². The monoisotopic (exact) mass is 245 g/mol. The van der Waals surface area contributed by atoms with Crippen LogP contribution in [-0.2, 0) is 0 Å². The normalized spacial score (nSPS) is 30.1. The Labute approximate surface area is 109 Å². The molecule has 0 radical (unpaired) electrons. The van der Waals surface area contributed by atoms with Gasteiger partial charge < -0.3 is 4.98 Å². The summed E-state index contributed by atoms with van der Waals surface area (Å²) in [6, 6.07) is 0. The molecule has 2 fully saturated rings. The van der Waals surface area contributed by atoms with Gasteiger partial charge in [0.05, 0.1) is 5.69 Å². The first-order valence-corrected chi connectivity index (χ1v) is 7.25. The molecule has 2 saturated carbocycles. The van der Waals surface area contributed by atoms with E-state index in [1.165, 1.54) is 31.2 Å². The number of carbonyl (C=O) groups is 1. The first kappa shape index (κ1) is 12.0. The van der Waals surface area contributed by atoms with Crippen LogP contribution in [0.25, 0.3) is 0 Å². The van der Waals surface area contributed by atoms with Gasteiger partial charge in [-0.25, -0.2) is 0 Å². The molecule has 2 aliphatic rings. The van der Waals surface area contributed by atoms with E-state index in [4.69, 9.17) is 0 Å². The Balaban J connectivity index is 1.73. The van der Waals surface area contributed by atoms with Crippen molar-refractivity contribution in [3.05, 3.63) is 22.5 Å². The van der Waals surface area contributed by atoms with Gasteiger partial charge in [-0.1, -0.05) is 6.42 Å². The quantitative estimate of drug-likeness (QED) is 0.804. The molecule has 18 heavy (non-hydrogen) atoms. The Morgan fingerprint density at radius 3 is 2.44 bits per heavy atom. The molecule has 2 heteroatoms. The van der Waals surface area contributed by atoms with E-state index in [1.807, 2.05) is 0 Å². The highest BCUT2D eigenvalue weighted by Gasteiger charge is 2.40. The van der Waals surface area contributed by atoms with Gasteiger partial charge in [0.15, 0.2) is 5.78 Å². The third kappa shape index (κ3) is 1.82. The summed E-state index contributed by atoms with van der Waals surface area (Å²) < 4.78 is 0. The molecule has 3 atom stereocenters. The van der Waals surface area contributed by atoms with E-state index >= 15 is 0 Å². The van der Waals surface area contributed by atoms with Crippen LogP contribution in [0, 0.1) is 38.5 Å². The second kappa shape index (κ2) is 4.25. The fourth-order valence-electron chi connectivity index (χ4n) is 4.09. The highest BCUT2D eigenvalue weighted by molar-refractivity contribution is 5.96. The van der Waals surface area contributed by atoms with Crippen molar-refractivity contribution in [1.82, 2.24) is 4.98 Å². The van der Waals surface area contributed by atoms with E-state index in [-0.39, 0.29) is 0 Å². The largest absolute Gasteiger partial charge is 0.356 e. The lowest BCUT2D eigenvalue weighted by atomic mass is 9.84. The number of Topliss-reactive ketones (excluding diaryl/α,β-unsaturated/α-hetero) is 1. The third-order valence-electron chi connectivity index (χ3n) is 5.42. The predicted octanol–water partition coefficient (Wildman–Crippen LogP) is 3.95. The van der Waals surface area contributed by atoms with Gasteiger partial charge in [0.25, 0.3) is 0 Å². The number of aromatic nitrogens is 1. The molecule has 2 nitrogen and oxygen atoms in total. The standard InChI is InChI=1S/C16H23NO/c1-9-10(2)16(17-11(9)3)15(18)8-14-7-12-4-5-13(14)6-12/h12-14,17H,4-8H2,1-3H3. The molecule has 0 amide bonds. The van der Waals surface area contributed by atoms with Gasteiger partial charge >= 0.3 is 0 Å². The van der Waals surface area contributed by atoms with Gasteiger partial charge in [-0.15, -0.1) is 0 Å². The Hall–Kier alpha value is -1.05. The molecule has 1 N–H and O–H groups in total. The van der Waals surface area contributed by atoms with Gasteiger partial charge in [0.2, 0.25) is 0 Å². The van der Waals surface area contributed by atoms with Crippen molar-refractivity contribution in [1.29, 1.82) is 0 Å². The molecule has 1 heterocycles. The summed E-state index contributed by atoms with van der Waals surface area (Å²) >= 11 is 0. The van der Waals surface area contributed by atoms with Crippen LogP contribution in [-0.4, -0.2) is 10.8 Å².